The molecule has 1 aromatic heterocycles. The summed E-state index contributed by atoms with van der Waals surface area (Å²) in [6.07, 6.45) is 1.36. The third-order valence-electron chi connectivity index (χ3n) is 4.14. The van der Waals surface area contributed by atoms with E-state index in [-0.39, 0.29) is 36.1 Å². The molecule has 1 heterocycles. The van der Waals surface area contributed by atoms with Crippen molar-refractivity contribution >= 4 is 34.9 Å². The van der Waals surface area contributed by atoms with E-state index in [9.17, 15) is 9.59 Å². The number of carbonyl (C=O) groups excluding carboxylic acids is 2. The number of benzene rings is 2. The van der Waals surface area contributed by atoms with Gasteiger partial charge in [-0.1, -0.05) is 30.3 Å². The second-order valence-corrected chi connectivity index (χ2v) is 5.69. The minimum atomic E-state index is -0.513. The van der Waals surface area contributed by atoms with E-state index < -0.39 is 5.97 Å². The lowest BCUT2D eigenvalue weighted by molar-refractivity contribution is 0.0528. The van der Waals surface area contributed by atoms with Gasteiger partial charge in [0.1, 0.15) is 5.69 Å². The van der Waals surface area contributed by atoms with Gasteiger partial charge in [-0.3, -0.25) is 9.78 Å². The van der Waals surface area contributed by atoms with E-state index in [4.69, 9.17) is 14.2 Å². The van der Waals surface area contributed by atoms with E-state index in [0.717, 1.165) is 0 Å². The fourth-order valence-corrected chi connectivity index (χ4v) is 2.84. The van der Waals surface area contributed by atoms with Crippen LogP contribution in [0.15, 0.2) is 48.7 Å². The summed E-state index contributed by atoms with van der Waals surface area (Å²) in [5, 5.41) is 1.01. The van der Waals surface area contributed by atoms with Crippen molar-refractivity contribution in [2.24, 2.45) is 0 Å². The molecule has 0 N–H and O–H groups in total. The van der Waals surface area contributed by atoms with Gasteiger partial charge in [0.15, 0.2) is 11.5 Å². The van der Waals surface area contributed by atoms with Crippen molar-refractivity contribution in [1.29, 1.82) is 0 Å². The number of hydrogen-bond acceptors (Lipinski definition) is 6. The first-order valence-corrected chi connectivity index (χ1v) is 8.42. The minimum absolute atomic E-state index is 0. The molecule has 0 aliphatic rings. The summed E-state index contributed by atoms with van der Waals surface area (Å²) >= 11 is 0. The lowest BCUT2D eigenvalue weighted by Crippen LogP contribution is -2.10. The lowest BCUT2D eigenvalue weighted by Gasteiger charge is -2.13. The predicted octanol–water partition coefficient (Wildman–Crippen LogP) is 4.08. The fraction of sp³-hybridized carbons (Fsp3) is 0.190. The Labute approximate surface area is 168 Å². The van der Waals surface area contributed by atoms with Crippen molar-refractivity contribution in [2.45, 2.75) is 6.92 Å². The molecule has 3 aromatic rings. The molecule has 0 amide bonds. The summed E-state index contributed by atoms with van der Waals surface area (Å²) in [5.74, 6) is 0.124. The molecule has 7 heteroatoms. The number of halogens is 1. The van der Waals surface area contributed by atoms with Gasteiger partial charge in [0.25, 0.3) is 0 Å². The van der Waals surface area contributed by atoms with Gasteiger partial charge in [0, 0.05) is 22.5 Å². The molecule has 0 aliphatic heterocycles. The number of esters is 1. The summed E-state index contributed by atoms with van der Waals surface area (Å²) in [4.78, 5) is 29.6. The second kappa shape index (κ2) is 9.19. The highest BCUT2D eigenvalue weighted by molar-refractivity contribution is 6.18. The smallest absolute Gasteiger partial charge is 0.340 e. The van der Waals surface area contributed by atoms with Crippen LogP contribution in [0.4, 0.5) is 0 Å². The van der Waals surface area contributed by atoms with Gasteiger partial charge in [-0.2, -0.15) is 0 Å². The number of aromatic nitrogens is 1. The normalized spacial score (nSPS) is 10.1. The van der Waals surface area contributed by atoms with Crippen molar-refractivity contribution in [3.8, 4) is 11.5 Å². The minimum Gasteiger partial charge on any atom is -0.493 e. The molecule has 6 nitrogen and oxygen atoms in total. The molecule has 146 valence electrons. The Morgan fingerprint density at radius 2 is 1.57 bits per heavy atom. The van der Waals surface area contributed by atoms with E-state index in [0.29, 0.717) is 27.8 Å². The lowest BCUT2D eigenvalue weighted by atomic mass is 9.99. The van der Waals surface area contributed by atoms with E-state index in [1.54, 1.807) is 43.3 Å². The Kier molecular flexibility index (Phi) is 6.95. The molecule has 2 aromatic carbocycles. The maximum atomic E-state index is 13.0. The second-order valence-electron chi connectivity index (χ2n) is 5.69. The van der Waals surface area contributed by atoms with Crippen LogP contribution in [0.5, 0.6) is 11.5 Å². The van der Waals surface area contributed by atoms with Crippen LogP contribution in [0.3, 0.4) is 0 Å². The molecule has 0 saturated carbocycles. The van der Waals surface area contributed by atoms with Crippen LogP contribution in [-0.4, -0.2) is 37.6 Å². The summed E-state index contributed by atoms with van der Waals surface area (Å²) in [7, 11) is 3.01. The molecule has 0 atom stereocenters. The van der Waals surface area contributed by atoms with Gasteiger partial charge < -0.3 is 14.2 Å². The molecule has 0 unspecified atom stereocenters. The zero-order valence-corrected chi connectivity index (χ0v) is 16.5. The molecular formula is C21H20ClNO5. The van der Waals surface area contributed by atoms with Gasteiger partial charge in [-0.15, -0.1) is 12.4 Å². The summed E-state index contributed by atoms with van der Waals surface area (Å²) in [5.41, 5.74) is 0.993. The average Bonchev–Trinajstić information content (AvgIpc) is 2.72. The molecule has 3 rings (SSSR count). The number of nitrogens with zero attached hydrogens (tertiary/aromatic N) is 1. The van der Waals surface area contributed by atoms with Gasteiger partial charge in [-0.05, 0) is 19.1 Å². The fourth-order valence-electron chi connectivity index (χ4n) is 2.84. The van der Waals surface area contributed by atoms with E-state index >= 15 is 0 Å². The quantitative estimate of drug-likeness (QED) is 0.457. The third-order valence-corrected chi connectivity index (χ3v) is 4.14. The molecule has 28 heavy (non-hydrogen) atoms. The molecule has 0 aliphatic carbocycles. The monoisotopic (exact) mass is 401 g/mol. The van der Waals surface area contributed by atoms with Gasteiger partial charge in [0.2, 0.25) is 5.78 Å². The number of pyridine rings is 1. The SMILES string of the molecule is CCOC(=O)c1cnc(C(=O)c2ccccc2)c2cc(OC)c(OC)cc12.Cl. The highest BCUT2D eigenvalue weighted by atomic mass is 35.5. The van der Waals surface area contributed by atoms with Crippen LogP contribution in [0, 0.1) is 0 Å². The number of ether oxygens (including phenoxy) is 3. The standard InChI is InChI=1S/C21H19NO5.ClH/c1-4-27-21(24)16-12-22-19(20(23)13-8-6-5-7-9-13)15-11-18(26-3)17(25-2)10-14(15)16;/h5-12H,4H2,1-3H3;1H. The summed E-state index contributed by atoms with van der Waals surface area (Å²) in [6, 6.07) is 12.1. The Bertz CT molecular complexity index is 1000. The van der Waals surface area contributed by atoms with Crippen LogP contribution >= 0.6 is 12.4 Å². The number of carbonyl (C=O) groups is 2. The number of fused-ring (bicyclic) bond motifs is 1. The topological polar surface area (TPSA) is 74.7 Å². The maximum Gasteiger partial charge on any atom is 0.340 e. The van der Waals surface area contributed by atoms with Crippen LogP contribution in [-0.2, 0) is 4.74 Å². The van der Waals surface area contributed by atoms with Crippen molar-refractivity contribution < 1.29 is 23.8 Å². The molecule has 0 radical (unpaired) electrons. The molecular weight excluding hydrogens is 382 g/mol. The van der Waals surface area contributed by atoms with Crippen LogP contribution in [0.2, 0.25) is 0 Å². The molecule has 0 fully saturated rings. The van der Waals surface area contributed by atoms with Gasteiger partial charge in [0.05, 0.1) is 26.4 Å². The van der Waals surface area contributed by atoms with Crippen LogP contribution < -0.4 is 9.47 Å². The molecule has 0 spiro atoms. The Morgan fingerprint density at radius 3 is 2.14 bits per heavy atom. The first-order chi connectivity index (χ1) is 13.1. The maximum absolute atomic E-state index is 13.0. The zero-order valence-electron chi connectivity index (χ0n) is 15.7. The Hall–Kier alpha value is -3.12. The summed E-state index contributed by atoms with van der Waals surface area (Å²) in [6.45, 7) is 1.96. The zero-order chi connectivity index (χ0) is 19.4. The summed E-state index contributed by atoms with van der Waals surface area (Å²) < 4.78 is 15.8. The highest BCUT2D eigenvalue weighted by Crippen LogP contribution is 2.35. The first-order valence-electron chi connectivity index (χ1n) is 8.42. The van der Waals surface area contributed by atoms with Gasteiger partial charge >= 0.3 is 5.97 Å². The number of rotatable bonds is 6. The van der Waals surface area contributed by atoms with Crippen LogP contribution in [0.1, 0.15) is 33.3 Å². The number of ketones is 1. The largest absolute Gasteiger partial charge is 0.493 e. The van der Waals surface area contributed by atoms with Crippen molar-refractivity contribution in [3.05, 3.63) is 65.5 Å². The third kappa shape index (κ3) is 3.92. The van der Waals surface area contributed by atoms with Gasteiger partial charge in [-0.25, -0.2) is 4.79 Å². The predicted molar refractivity (Wildman–Crippen MR) is 108 cm³/mol. The van der Waals surface area contributed by atoms with E-state index in [2.05, 4.69) is 4.98 Å². The average molecular weight is 402 g/mol. The Morgan fingerprint density at radius 1 is 0.964 bits per heavy atom. The molecule has 0 bridgehead atoms. The molecule has 0 saturated heterocycles. The van der Waals surface area contributed by atoms with Crippen molar-refractivity contribution in [1.82, 2.24) is 4.98 Å². The number of methoxy groups -OCH3 is 2. The van der Waals surface area contributed by atoms with Crippen molar-refractivity contribution in [2.75, 3.05) is 20.8 Å². The van der Waals surface area contributed by atoms with Crippen LogP contribution in [0.25, 0.3) is 10.8 Å². The van der Waals surface area contributed by atoms with E-state index in [1.807, 2.05) is 6.07 Å². The van der Waals surface area contributed by atoms with Crippen molar-refractivity contribution in [3.63, 3.8) is 0 Å². The first kappa shape index (κ1) is 21.2. The highest BCUT2D eigenvalue weighted by Gasteiger charge is 2.21. The van der Waals surface area contributed by atoms with E-state index in [1.165, 1.54) is 20.4 Å². The number of hydrogen-bond donors (Lipinski definition) is 0. The Balaban J connectivity index is 0.00000280.